The molecule has 0 bridgehead atoms. The van der Waals surface area contributed by atoms with Gasteiger partial charge in [0, 0.05) is 4.47 Å². The van der Waals surface area contributed by atoms with Crippen molar-refractivity contribution in [1.29, 1.82) is 0 Å². The molecule has 2 aromatic rings. The largest absolute Gasteiger partial charge is 0.278 e. The summed E-state index contributed by atoms with van der Waals surface area (Å²) in [6.07, 6.45) is 3.12. The lowest BCUT2D eigenvalue weighted by Crippen LogP contribution is -2.13. The van der Waals surface area contributed by atoms with E-state index in [1.807, 2.05) is 31.2 Å². The predicted molar refractivity (Wildman–Crippen MR) is 88.2 cm³/mol. The normalized spacial score (nSPS) is 14.0. The predicted octanol–water partition coefficient (Wildman–Crippen LogP) is 4.05. The van der Waals surface area contributed by atoms with Crippen LogP contribution in [0.3, 0.4) is 0 Å². The minimum absolute atomic E-state index is 0.330. The average Bonchev–Trinajstić information content (AvgIpc) is 2.90. The Balaban J connectivity index is 1.95. The van der Waals surface area contributed by atoms with Crippen LogP contribution in [0.1, 0.15) is 23.1 Å². The molecule has 3 rings (SSSR count). The van der Waals surface area contributed by atoms with E-state index >= 15 is 0 Å². The fourth-order valence-electron chi connectivity index (χ4n) is 2.64. The lowest BCUT2D eigenvalue weighted by molar-refractivity contribution is 0.601. The van der Waals surface area contributed by atoms with Gasteiger partial charge in [-0.25, -0.2) is 8.42 Å². The number of hydrogen-bond acceptors (Lipinski definition) is 2. The third kappa shape index (κ3) is 2.99. The molecule has 3 nitrogen and oxygen atoms in total. The number of nitrogens with one attached hydrogen (secondary N) is 1. The van der Waals surface area contributed by atoms with E-state index < -0.39 is 10.0 Å². The van der Waals surface area contributed by atoms with Crippen LogP contribution in [0.25, 0.3) is 0 Å². The van der Waals surface area contributed by atoms with Crippen LogP contribution in [0.4, 0.5) is 5.69 Å². The Labute approximate surface area is 133 Å². The zero-order valence-electron chi connectivity index (χ0n) is 11.7. The number of hydrogen-bond donors (Lipinski definition) is 1. The van der Waals surface area contributed by atoms with Gasteiger partial charge in [-0.05, 0) is 83.1 Å². The number of rotatable bonds is 3. The van der Waals surface area contributed by atoms with Gasteiger partial charge in [-0.2, -0.15) is 0 Å². The number of sulfonamides is 1. The highest BCUT2D eigenvalue weighted by Gasteiger charge is 2.19. The van der Waals surface area contributed by atoms with Gasteiger partial charge in [0.2, 0.25) is 0 Å². The summed E-state index contributed by atoms with van der Waals surface area (Å²) in [7, 11) is -3.55. The van der Waals surface area contributed by atoms with E-state index in [4.69, 9.17) is 0 Å². The summed E-state index contributed by atoms with van der Waals surface area (Å²) >= 11 is 3.38. The zero-order valence-corrected chi connectivity index (χ0v) is 14.1. The van der Waals surface area contributed by atoms with Crippen LogP contribution >= 0.6 is 15.9 Å². The molecule has 2 aromatic carbocycles. The number of fused-ring (bicyclic) bond motifs is 1. The number of halogens is 1. The molecule has 0 radical (unpaired) electrons. The van der Waals surface area contributed by atoms with Crippen LogP contribution < -0.4 is 4.72 Å². The van der Waals surface area contributed by atoms with Crippen molar-refractivity contribution in [2.45, 2.75) is 31.1 Å². The lowest BCUT2D eigenvalue weighted by Gasteiger charge is -2.11. The van der Waals surface area contributed by atoms with Gasteiger partial charge in [-0.15, -0.1) is 0 Å². The summed E-state index contributed by atoms with van der Waals surface area (Å²) in [5.74, 6) is 0. The molecule has 0 spiro atoms. The standard InChI is InChI=1S/C16H16BrNO2S/c1-11-5-8-15(17)16(9-11)18-21(19,20)14-7-6-12-3-2-4-13(12)10-14/h5-10,18H,2-4H2,1H3. The topological polar surface area (TPSA) is 46.2 Å². The van der Waals surface area contributed by atoms with Crippen LogP contribution in [0.5, 0.6) is 0 Å². The molecule has 21 heavy (non-hydrogen) atoms. The Hall–Kier alpha value is -1.33. The van der Waals surface area contributed by atoms with E-state index in [2.05, 4.69) is 20.7 Å². The van der Waals surface area contributed by atoms with E-state index in [-0.39, 0.29) is 0 Å². The first-order valence-corrected chi connectivity index (χ1v) is 9.14. The average molecular weight is 366 g/mol. The minimum Gasteiger partial charge on any atom is -0.278 e. The molecule has 1 aliphatic rings. The maximum Gasteiger partial charge on any atom is 0.261 e. The summed E-state index contributed by atoms with van der Waals surface area (Å²) in [5.41, 5.74) is 3.99. The molecule has 0 saturated carbocycles. The fraction of sp³-hybridized carbons (Fsp3) is 0.250. The summed E-state index contributed by atoms with van der Waals surface area (Å²) in [6, 6.07) is 11.0. The van der Waals surface area contributed by atoms with Gasteiger partial charge in [0.25, 0.3) is 10.0 Å². The Morgan fingerprint density at radius 3 is 2.62 bits per heavy atom. The summed E-state index contributed by atoms with van der Waals surface area (Å²) in [6.45, 7) is 1.93. The molecule has 0 atom stereocenters. The van der Waals surface area contributed by atoms with Gasteiger partial charge >= 0.3 is 0 Å². The molecule has 5 heteroatoms. The molecule has 0 aromatic heterocycles. The second-order valence-corrected chi connectivity index (χ2v) is 7.91. The molecule has 110 valence electrons. The lowest BCUT2D eigenvalue weighted by atomic mass is 10.1. The quantitative estimate of drug-likeness (QED) is 0.891. The van der Waals surface area contributed by atoms with Crippen molar-refractivity contribution in [3.8, 4) is 0 Å². The Bertz CT molecular complexity index is 800. The smallest absolute Gasteiger partial charge is 0.261 e. The van der Waals surface area contributed by atoms with Crippen molar-refractivity contribution in [3.05, 3.63) is 57.6 Å². The molecule has 1 aliphatic carbocycles. The third-order valence-electron chi connectivity index (χ3n) is 3.75. The minimum atomic E-state index is -3.55. The molecule has 0 aliphatic heterocycles. The van der Waals surface area contributed by atoms with Gasteiger partial charge in [0.15, 0.2) is 0 Å². The van der Waals surface area contributed by atoms with Crippen molar-refractivity contribution in [1.82, 2.24) is 0 Å². The van der Waals surface area contributed by atoms with Gasteiger partial charge in [-0.1, -0.05) is 12.1 Å². The van der Waals surface area contributed by atoms with Crippen molar-refractivity contribution in [2.24, 2.45) is 0 Å². The third-order valence-corrected chi connectivity index (χ3v) is 5.80. The van der Waals surface area contributed by atoms with Crippen molar-refractivity contribution in [3.63, 3.8) is 0 Å². The maximum absolute atomic E-state index is 12.5. The number of anilines is 1. The van der Waals surface area contributed by atoms with Crippen LogP contribution in [-0.2, 0) is 22.9 Å². The molecule has 0 unspecified atom stereocenters. The van der Waals surface area contributed by atoms with Crippen molar-refractivity contribution in [2.75, 3.05) is 4.72 Å². The molecule has 0 fully saturated rings. The van der Waals surface area contributed by atoms with E-state index in [9.17, 15) is 8.42 Å². The van der Waals surface area contributed by atoms with Gasteiger partial charge in [-0.3, -0.25) is 4.72 Å². The second-order valence-electron chi connectivity index (χ2n) is 5.37. The number of aryl methyl sites for hydroxylation is 3. The van der Waals surface area contributed by atoms with Crippen molar-refractivity contribution >= 4 is 31.6 Å². The van der Waals surface area contributed by atoms with E-state index in [0.29, 0.717) is 10.6 Å². The summed E-state index contributed by atoms with van der Waals surface area (Å²) in [4.78, 5) is 0.330. The Morgan fingerprint density at radius 1 is 1.05 bits per heavy atom. The van der Waals surface area contributed by atoms with Gasteiger partial charge < -0.3 is 0 Å². The highest BCUT2D eigenvalue weighted by molar-refractivity contribution is 9.10. The number of benzene rings is 2. The van der Waals surface area contributed by atoms with E-state index in [0.717, 1.165) is 34.9 Å². The van der Waals surface area contributed by atoms with E-state index in [1.54, 1.807) is 12.1 Å². The fourth-order valence-corrected chi connectivity index (χ4v) is 4.23. The highest BCUT2D eigenvalue weighted by atomic mass is 79.9. The Kier molecular flexibility index (Phi) is 3.80. The first-order valence-electron chi connectivity index (χ1n) is 6.86. The molecule has 0 amide bonds. The highest BCUT2D eigenvalue weighted by Crippen LogP contribution is 2.28. The molecule has 1 N–H and O–H groups in total. The van der Waals surface area contributed by atoms with Crippen LogP contribution in [0.2, 0.25) is 0 Å². The Morgan fingerprint density at radius 2 is 1.81 bits per heavy atom. The van der Waals surface area contributed by atoms with Gasteiger partial charge in [0.1, 0.15) is 0 Å². The molecule has 0 heterocycles. The van der Waals surface area contributed by atoms with Crippen LogP contribution in [0, 0.1) is 6.92 Å². The van der Waals surface area contributed by atoms with Crippen LogP contribution in [-0.4, -0.2) is 8.42 Å². The second kappa shape index (κ2) is 5.46. The van der Waals surface area contributed by atoms with E-state index in [1.165, 1.54) is 5.56 Å². The first-order chi connectivity index (χ1) is 9.95. The molecular weight excluding hydrogens is 350 g/mol. The monoisotopic (exact) mass is 365 g/mol. The summed E-state index contributed by atoms with van der Waals surface area (Å²) < 4.78 is 28.5. The maximum atomic E-state index is 12.5. The van der Waals surface area contributed by atoms with Gasteiger partial charge in [0.05, 0.1) is 10.6 Å². The first kappa shape index (κ1) is 14.6. The molecule has 0 saturated heterocycles. The molecular formula is C16H16BrNO2S. The SMILES string of the molecule is Cc1ccc(Br)c(NS(=O)(=O)c2ccc3c(c2)CCC3)c1. The summed E-state index contributed by atoms with van der Waals surface area (Å²) in [5, 5.41) is 0. The van der Waals surface area contributed by atoms with Crippen LogP contribution in [0.15, 0.2) is 45.8 Å². The van der Waals surface area contributed by atoms with Crippen molar-refractivity contribution < 1.29 is 8.42 Å². The zero-order chi connectivity index (χ0) is 15.0.